The van der Waals surface area contributed by atoms with Crippen molar-refractivity contribution < 1.29 is 13.9 Å². The number of carbonyl (C=O) groups excluding carboxylic acids is 1. The van der Waals surface area contributed by atoms with Crippen LogP contribution in [0.15, 0.2) is 60.8 Å². The number of halogens is 1. The lowest BCUT2D eigenvalue weighted by atomic mass is 10.2. The smallest absolute Gasteiger partial charge is 0.270 e. The van der Waals surface area contributed by atoms with Crippen molar-refractivity contribution in [2.24, 2.45) is 0 Å². The number of amides is 1. The molecule has 0 atom stereocenters. The van der Waals surface area contributed by atoms with Gasteiger partial charge in [-0.15, -0.1) is 0 Å². The van der Waals surface area contributed by atoms with Gasteiger partial charge in [0.25, 0.3) is 5.91 Å². The highest BCUT2D eigenvalue weighted by Crippen LogP contribution is 2.25. The molecular weight excluding hydrogens is 335 g/mol. The number of aromatic nitrogens is 2. The molecule has 6 nitrogen and oxygen atoms in total. The first-order chi connectivity index (χ1) is 12.7. The largest absolute Gasteiger partial charge is 0.495 e. The predicted molar refractivity (Wildman–Crippen MR) is 95.9 cm³/mol. The van der Waals surface area contributed by atoms with Crippen LogP contribution >= 0.6 is 0 Å². The number of nitrogens with zero attached hydrogens (tertiary/aromatic N) is 2. The zero-order valence-corrected chi connectivity index (χ0v) is 14.1. The summed E-state index contributed by atoms with van der Waals surface area (Å²) in [5.41, 5.74) is 1.71. The first kappa shape index (κ1) is 17.3. The molecular formula is C19H17FN4O2. The first-order valence-corrected chi connectivity index (χ1v) is 7.91. The number of nitrogens with one attached hydrogen (secondary N) is 2. The van der Waals surface area contributed by atoms with Crippen LogP contribution in [0.3, 0.4) is 0 Å². The van der Waals surface area contributed by atoms with E-state index < -0.39 is 0 Å². The van der Waals surface area contributed by atoms with E-state index in [-0.39, 0.29) is 29.9 Å². The van der Waals surface area contributed by atoms with Crippen molar-refractivity contribution in [3.05, 3.63) is 77.9 Å². The first-order valence-electron chi connectivity index (χ1n) is 7.91. The van der Waals surface area contributed by atoms with Crippen molar-refractivity contribution in [2.45, 2.75) is 6.54 Å². The molecule has 0 saturated carbocycles. The molecule has 1 amide bonds. The average molecular weight is 352 g/mol. The molecule has 0 aliphatic carbocycles. The van der Waals surface area contributed by atoms with Gasteiger partial charge >= 0.3 is 0 Å². The average Bonchev–Trinajstić information content (AvgIpc) is 2.68. The van der Waals surface area contributed by atoms with Gasteiger partial charge in [-0.05, 0) is 35.9 Å². The normalized spacial score (nSPS) is 10.2. The molecule has 132 valence electrons. The minimum Gasteiger partial charge on any atom is -0.495 e. The van der Waals surface area contributed by atoms with Crippen LogP contribution in [0.25, 0.3) is 0 Å². The van der Waals surface area contributed by atoms with Crippen molar-refractivity contribution in [3.63, 3.8) is 0 Å². The Morgan fingerprint density at radius 2 is 1.88 bits per heavy atom. The molecule has 1 aromatic heterocycles. The number of ether oxygens (including phenoxy) is 1. The number of hydrogen-bond donors (Lipinski definition) is 2. The summed E-state index contributed by atoms with van der Waals surface area (Å²) < 4.78 is 18.2. The zero-order chi connectivity index (χ0) is 18.4. The molecule has 0 unspecified atom stereocenters. The van der Waals surface area contributed by atoms with Crippen LogP contribution in [0, 0.1) is 5.82 Å². The van der Waals surface area contributed by atoms with Gasteiger partial charge < -0.3 is 15.4 Å². The molecule has 0 bridgehead atoms. The van der Waals surface area contributed by atoms with Gasteiger partial charge in [-0.2, -0.15) is 0 Å². The molecule has 2 aromatic carbocycles. The van der Waals surface area contributed by atoms with E-state index in [9.17, 15) is 9.18 Å². The summed E-state index contributed by atoms with van der Waals surface area (Å²) in [6.07, 6.45) is 1.50. The van der Waals surface area contributed by atoms with E-state index in [1.165, 1.54) is 24.4 Å². The molecule has 3 rings (SSSR count). The fourth-order valence-electron chi connectivity index (χ4n) is 2.29. The summed E-state index contributed by atoms with van der Waals surface area (Å²) in [5, 5.41) is 5.77. The van der Waals surface area contributed by atoms with E-state index in [0.717, 1.165) is 5.56 Å². The molecule has 26 heavy (non-hydrogen) atoms. The maximum Gasteiger partial charge on any atom is 0.270 e. The quantitative estimate of drug-likeness (QED) is 0.712. The maximum absolute atomic E-state index is 12.9. The topological polar surface area (TPSA) is 76.1 Å². The molecule has 0 aliphatic rings. The fourth-order valence-corrected chi connectivity index (χ4v) is 2.29. The lowest BCUT2D eigenvalue weighted by Crippen LogP contribution is -2.24. The third kappa shape index (κ3) is 4.32. The second-order valence-corrected chi connectivity index (χ2v) is 5.40. The van der Waals surface area contributed by atoms with E-state index >= 15 is 0 Å². The van der Waals surface area contributed by atoms with Crippen molar-refractivity contribution in [2.75, 3.05) is 12.4 Å². The van der Waals surface area contributed by atoms with Gasteiger partial charge in [0.15, 0.2) is 0 Å². The lowest BCUT2D eigenvalue weighted by Gasteiger charge is -2.10. The number of para-hydroxylation sites is 2. The second kappa shape index (κ2) is 8.06. The number of benzene rings is 2. The van der Waals surface area contributed by atoms with E-state index in [1.54, 1.807) is 19.2 Å². The molecule has 0 spiro atoms. The molecule has 0 aliphatic heterocycles. The Kier molecular flexibility index (Phi) is 5.38. The SMILES string of the molecule is COc1ccccc1Nc1nccc(C(=O)NCc2ccc(F)cc2)n1. The van der Waals surface area contributed by atoms with Crippen LogP contribution in [0.1, 0.15) is 16.1 Å². The summed E-state index contributed by atoms with van der Waals surface area (Å²) in [7, 11) is 1.57. The van der Waals surface area contributed by atoms with Crippen molar-refractivity contribution in [1.82, 2.24) is 15.3 Å². The van der Waals surface area contributed by atoms with Gasteiger partial charge in [0, 0.05) is 12.7 Å². The van der Waals surface area contributed by atoms with Crippen LogP contribution in [-0.2, 0) is 6.54 Å². The highest BCUT2D eigenvalue weighted by atomic mass is 19.1. The van der Waals surface area contributed by atoms with Crippen LogP contribution in [0.2, 0.25) is 0 Å². The number of carbonyl (C=O) groups is 1. The molecule has 1 heterocycles. The third-order valence-electron chi connectivity index (χ3n) is 3.61. The summed E-state index contributed by atoms with van der Waals surface area (Å²) >= 11 is 0. The van der Waals surface area contributed by atoms with E-state index in [2.05, 4.69) is 20.6 Å². The van der Waals surface area contributed by atoms with E-state index in [1.807, 2.05) is 24.3 Å². The minimum atomic E-state index is -0.347. The molecule has 0 radical (unpaired) electrons. The number of hydrogen-bond acceptors (Lipinski definition) is 5. The van der Waals surface area contributed by atoms with Crippen molar-refractivity contribution in [3.8, 4) is 5.75 Å². The van der Waals surface area contributed by atoms with E-state index in [0.29, 0.717) is 11.4 Å². The molecule has 7 heteroatoms. The zero-order valence-electron chi connectivity index (χ0n) is 14.1. The molecule has 2 N–H and O–H groups in total. The van der Waals surface area contributed by atoms with Gasteiger partial charge in [-0.1, -0.05) is 24.3 Å². The summed E-state index contributed by atoms with van der Waals surface area (Å²) in [6, 6.07) is 14.8. The summed E-state index contributed by atoms with van der Waals surface area (Å²) in [4.78, 5) is 20.6. The third-order valence-corrected chi connectivity index (χ3v) is 3.61. The Balaban J connectivity index is 1.68. The summed E-state index contributed by atoms with van der Waals surface area (Å²) in [6.45, 7) is 0.276. The van der Waals surface area contributed by atoms with Crippen LogP contribution in [0.4, 0.5) is 16.0 Å². The molecule has 0 saturated heterocycles. The standard InChI is InChI=1S/C19H17FN4O2/c1-26-17-5-3-2-4-15(17)23-19-21-11-10-16(24-19)18(25)22-12-13-6-8-14(20)9-7-13/h2-11H,12H2,1H3,(H,22,25)(H,21,23,24). The summed E-state index contributed by atoms with van der Waals surface area (Å²) in [5.74, 6) is 0.258. The van der Waals surface area contributed by atoms with Gasteiger partial charge in [0.2, 0.25) is 5.95 Å². The monoisotopic (exact) mass is 352 g/mol. The van der Waals surface area contributed by atoms with E-state index in [4.69, 9.17) is 4.74 Å². The lowest BCUT2D eigenvalue weighted by molar-refractivity contribution is 0.0946. The van der Waals surface area contributed by atoms with Crippen LogP contribution in [0.5, 0.6) is 5.75 Å². The Morgan fingerprint density at radius 3 is 2.65 bits per heavy atom. The number of methoxy groups -OCH3 is 1. The van der Waals surface area contributed by atoms with Gasteiger partial charge in [0.05, 0.1) is 12.8 Å². The minimum absolute atomic E-state index is 0.222. The molecule has 0 fully saturated rings. The Morgan fingerprint density at radius 1 is 1.12 bits per heavy atom. The van der Waals surface area contributed by atoms with Gasteiger partial charge in [-0.25, -0.2) is 14.4 Å². The highest BCUT2D eigenvalue weighted by molar-refractivity contribution is 5.92. The highest BCUT2D eigenvalue weighted by Gasteiger charge is 2.10. The number of rotatable bonds is 6. The fraction of sp³-hybridized carbons (Fsp3) is 0.105. The number of anilines is 2. The second-order valence-electron chi connectivity index (χ2n) is 5.40. The van der Waals surface area contributed by atoms with Gasteiger partial charge in [-0.3, -0.25) is 4.79 Å². The van der Waals surface area contributed by atoms with Crippen LogP contribution < -0.4 is 15.4 Å². The Labute approximate surface area is 150 Å². The Bertz CT molecular complexity index is 900. The molecule has 3 aromatic rings. The van der Waals surface area contributed by atoms with Crippen molar-refractivity contribution in [1.29, 1.82) is 0 Å². The van der Waals surface area contributed by atoms with Crippen molar-refractivity contribution >= 4 is 17.5 Å². The predicted octanol–water partition coefficient (Wildman–Crippen LogP) is 3.30. The Hall–Kier alpha value is -3.48. The van der Waals surface area contributed by atoms with Crippen LogP contribution in [-0.4, -0.2) is 23.0 Å². The van der Waals surface area contributed by atoms with Gasteiger partial charge in [0.1, 0.15) is 17.3 Å². The maximum atomic E-state index is 12.9.